The molecule has 2 amide bonds. The fourth-order valence-electron chi connectivity index (χ4n) is 10.3. The van der Waals surface area contributed by atoms with Crippen molar-refractivity contribution in [1.29, 1.82) is 0 Å². The van der Waals surface area contributed by atoms with Crippen LogP contribution >= 0.6 is 214 Å². The van der Waals surface area contributed by atoms with E-state index in [4.69, 9.17) is 32.5 Å². The molecule has 0 radical (unpaired) electrons. The number of rotatable bonds is 24. The summed E-state index contributed by atoms with van der Waals surface area (Å²) in [6, 6.07) is 35.7. The van der Waals surface area contributed by atoms with Gasteiger partial charge in [0.15, 0.2) is 16.7 Å². The van der Waals surface area contributed by atoms with Gasteiger partial charge in [0.1, 0.15) is 22.1 Å². The Morgan fingerprint density at radius 2 is 0.915 bits per heavy atom. The lowest BCUT2D eigenvalue weighted by atomic mass is 9.96. The van der Waals surface area contributed by atoms with Gasteiger partial charge in [-0.15, -0.1) is 90.7 Å². The fraction of sp³-hybridized carbons (Fsp3) is 0.422. The minimum absolute atomic E-state index is 0.00820. The van der Waals surface area contributed by atoms with Crippen LogP contribution in [0.5, 0.6) is 0 Å². The van der Waals surface area contributed by atoms with Gasteiger partial charge in [-0.3, -0.25) is 34.6 Å². The number of thiocarbonyl (C=S) groups is 1. The molecule has 9 heterocycles. The van der Waals surface area contributed by atoms with Gasteiger partial charge in [-0.05, 0) is 360 Å². The molecule has 11 rings (SSSR count). The normalized spacial score (nSPS) is 15.7. The van der Waals surface area contributed by atoms with Crippen LogP contribution in [0.2, 0.25) is 0 Å². The smallest absolute Gasteiger partial charge is 0.308 e. The summed E-state index contributed by atoms with van der Waals surface area (Å²) in [5.74, 6) is -0.508. The Morgan fingerprint density at radius 1 is 0.508 bits per heavy atom. The number of ether oxygens (including phenoxy) is 2. The first kappa shape index (κ1) is 119. The minimum atomic E-state index is -1.30. The number of aliphatic imine (C=N–C) groups is 1. The van der Waals surface area contributed by atoms with E-state index in [2.05, 4.69) is 159 Å². The Bertz CT molecular complexity index is 5400. The lowest BCUT2D eigenvalue weighted by Crippen LogP contribution is -2.49. The molecule has 0 bridgehead atoms. The summed E-state index contributed by atoms with van der Waals surface area (Å²) in [4.78, 5) is 70.4. The van der Waals surface area contributed by atoms with E-state index >= 15 is 0 Å². The van der Waals surface area contributed by atoms with Crippen LogP contribution in [0.1, 0.15) is 240 Å². The van der Waals surface area contributed by atoms with Crippen molar-refractivity contribution in [1.82, 2.24) is 25.4 Å². The van der Waals surface area contributed by atoms with Gasteiger partial charge < -0.3 is 35.8 Å². The van der Waals surface area contributed by atoms with Crippen molar-refractivity contribution in [3.63, 3.8) is 0 Å². The highest BCUT2D eigenvalue weighted by atomic mass is 79.9. The molecule has 0 unspecified atom stereocenters. The zero-order valence-electron chi connectivity index (χ0n) is 75.9. The number of aliphatic hydroxyl groups excluding tert-OH is 3. The number of thiophene rings is 8. The maximum Gasteiger partial charge on any atom is 0.308 e. The molecule has 714 valence electrons. The van der Waals surface area contributed by atoms with Crippen LogP contribution in [-0.4, -0.2) is 120 Å². The van der Waals surface area contributed by atoms with E-state index in [1.807, 2.05) is 234 Å². The molecule has 21 nitrogen and oxygen atoms in total. The summed E-state index contributed by atoms with van der Waals surface area (Å²) in [5.41, 5.74) is 4.87. The number of nitrogens with zero attached hydrogens (tertiary/aromatic N) is 2. The third-order valence-electron chi connectivity index (χ3n) is 17.6. The lowest BCUT2D eigenvalue weighted by Gasteiger charge is -2.33. The molecule has 1 aliphatic rings. The van der Waals surface area contributed by atoms with Crippen LogP contribution in [0.3, 0.4) is 0 Å². The molecule has 10 N–H and O–H groups in total. The maximum atomic E-state index is 12.6. The second kappa shape index (κ2) is 55.3. The molecule has 2 aromatic carbocycles. The van der Waals surface area contributed by atoms with Crippen LogP contribution in [0.4, 0.5) is 0 Å². The van der Waals surface area contributed by atoms with Gasteiger partial charge in [-0.2, -0.15) is 4.40 Å². The molecule has 0 spiro atoms. The second-order valence-electron chi connectivity index (χ2n) is 34.0. The van der Waals surface area contributed by atoms with E-state index in [1.165, 1.54) is 34.0 Å². The first-order valence-corrected chi connectivity index (χ1v) is 56.4. The number of ketones is 2. The third-order valence-corrected chi connectivity index (χ3v) is 37.1. The monoisotopic (exact) mass is 2450 g/mol. The number of Topliss-reactive ketones (excluding diaryl/α,β-unsaturated/α-hetero) is 2. The van der Waals surface area contributed by atoms with E-state index < -0.39 is 65.5 Å². The van der Waals surface area contributed by atoms with E-state index in [0.29, 0.717) is 37.0 Å². The minimum Gasteiger partial charge on any atom is -0.465 e. The van der Waals surface area contributed by atoms with Crippen LogP contribution < -0.4 is 31.1 Å². The van der Waals surface area contributed by atoms with Crippen LogP contribution in [0.15, 0.2) is 199 Å². The Labute approximate surface area is 869 Å². The van der Waals surface area contributed by atoms with Gasteiger partial charge in [0.05, 0.1) is 86.2 Å². The van der Waals surface area contributed by atoms with Crippen LogP contribution in [-0.2, 0) is 74.9 Å². The van der Waals surface area contributed by atoms with Crippen molar-refractivity contribution in [2.75, 3.05) is 26.4 Å². The number of aliphatic hydroxyl groups is 3. The van der Waals surface area contributed by atoms with E-state index in [-0.39, 0.29) is 81.8 Å². The van der Waals surface area contributed by atoms with Gasteiger partial charge >= 0.3 is 5.97 Å². The van der Waals surface area contributed by atoms with Crippen LogP contribution in [0.25, 0.3) is 0 Å². The summed E-state index contributed by atoms with van der Waals surface area (Å²) in [6.07, 6.45) is 2.49. The number of carbonyl (C=O) groups is 5. The second-order valence-corrected chi connectivity index (χ2v) is 54.0. The average molecular weight is 2460 g/mol. The highest BCUT2D eigenvalue weighted by Gasteiger charge is 2.39. The third kappa shape index (κ3) is 42.4. The molecule has 8 atom stereocenters. The predicted molar refractivity (Wildman–Crippen MR) is 579 cm³/mol. The Hall–Kier alpha value is -3.61. The number of benzene rings is 2. The van der Waals surface area contributed by atoms with Gasteiger partial charge in [-0.25, -0.2) is 27.1 Å². The molecule has 40 heteroatoms. The molecule has 0 saturated heterocycles. The average Bonchev–Trinajstić information content (AvgIpc) is 1.56. The van der Waals surface area contributed by atoms with Crippen molar-refractivity contribution in [2.24, 2.45) is 15.1 Å². The van der Waals surface area contributed by atoms with E-state index in [1.54, 1.807) is 107 Å². The largest absolute Gasteiger partial charge is 0.465 e. The summed E-state index contributed by atoms with van der Waals surface area (Å²) in [5, 5.41) is 51.9. The van der Waals surface area contributed by atoms with Crippen molar-refractivity contribution < 1.29 is 61.4 Å². The molecular weight excluding hydrogens is 2350 g/mol. The number of esters is 1. The molecule has 10 aromatic rings. The molecule has 8 aromatic heterocycles. The van der Waals surface area contributed by atoms with Gasteiger partial charge in [0.25, 0.3) is 17.8 Å². The molecule has 130 heavy (non-hydrogen) atoms. The summed E-state index contributed by atoms with van der Waals surface area (Å²) in [7, 11) is -3.65. The molecule has 0 fully saturated rings. The number of nitrogens with two attached hydrogens (primary N) is 1. The van der Waals surface area contributed by atoms with Crippen molar-refractivity contribution in [2.45, 2.75) is 218 Å². The lowest BCUT2D eigenvalue weighted by molar-refractivity contribution is -0.156. The fourth-order valence-corrected chi connectivity index (χ4v) is 24.4. The number of amidine groups is 1. The quantitative estimate of drug-likeness (QED) is 0.0117. The first-order chi connectivity index (χ1) is 60.3. The number of halogens is 7. The first-order valence-electron chi connectivity index (χ1n) is 40.0. The number of nitrogens with one attached hydrogen (secondary N) is 5. The standard InChI is InChI=1S/C16H17BrN2O2S2.C16H15BrN2O2S.C16H26BrNO3S2.C12H20BrNO2S2.C10H14BrNOS2.C8H12BrNOS.C6H5BrOS.C6H6OS/c1-16(7-8-20,13-9-12(17)10-23-13)19-15(22)18-14(21)11-5-3-2-4-6-11;1-16(13-9-12(17)10-22-13)7-8-21-15(19-16)18-14(20)11-5-3-2-4-6-11;1-14(2,3)21-13(19)9-16(7,12-8-11(17)10-22-12)18-23(20)15(4,5)6;1-11(2,3)18(16)14-12(4,5-6-15)10-7-9(13)8-17-10;1-7(9-5-8(11)6-14-9)12-15(13)10(2,3)4;1-8(10,2-3-11)7-4-6(9)5-12-7;1-4(8)6-2-5(7)3-9-6;1-5(7)6-3-2-4-8-6/h2-6,9-10,20H,7-8H2,1H3,(H2,18,19,21,22);2-6,9-10H,7-8H2,1H3,(H,18,19,20);8,10,18H,9H2,1-7H3;7-8,14-15H,5-6H2,1-4H3;5-6H,1-4H3;4-5,11H,2-3,10H2,1H3;2-3H,1H3;2-4H,1H3/t2*16-;16-,23+;12-,18+;15-;8-;;/m000010../s1. The summed E-state index contributed by atoms with van der Waals surface area (Å²) < 4.78 is 64.0. The molecule has 0 aliphatic carbocycles. The Morgan fingerprint density at radius 3 is 1.29 bits per heavy atom. The van der Waals surface area contributed by atoms with E-state index in [9.17, 15) is 46.8 Å². The number of carbonyl (C=O) groups excluding carboxylic acids is 5. The highest BCUT2D eigenvalue weighted by Crippen LogP contribution is 2.40. The van der Waals surface area contributed by atoms with Gasteiger partial charge in [0, 0.05) is 136 Å². The van der Waals surface area contributed by atoms with Crippen molar-refractivity contribution >= 4 is 294 Å². The topological polar surface area (TPSA) is 327 Å². The number of hydrogen-bond acceptors (Lipinski definition) is 24. The number of amides is 2. The molecule has 1 aliphatic heterocycles. The summed E-state index contributed by atoms with van der Waals surface area (Å²) in [6.45, 7) is 38.3. The Balaban J connectivity index is 0.000000318. The predicted octanol–water partition coefficient (Wildman–Crippen LogP) is 25.5. The molecule has 0 saturated carbocycles. The zero-order valence-corrected chi connectivity index (χ0v) is 96.8. The van der Waals surface area contributed by atoms with Crippen LogP contribution in [0, 0.1) is 0 Å². The SMILES string of the molecule is CC(=N[S@](=O)C(C)(C)C)c1cc(Br)cs1.CC(=O)c1cc(Br)cs1.CC(=O)c1cccs1.CC(C)(C)OC(=O)C[C@](C)(N[S@](=O)C(C)(C)C)c1cc(Br)cs1.CC(C)(C)[S@@](=O)N[C@@](C)(CCO)c1cc(Br)cs1.C[C@@](CCO)(NC(=S)NC(=O)c1ccccc1)c1cc(Br)cs1.C[C@@]1(c2cc(Br)cs2)CCOC(NC(=O)c2ccccc2)=N1.C[C@](N)(CCO)c1cc(Br)cs1. The van der Waals surface area contributed by atoms with E-state index in [0.717, 1.165) is 82.5 Å². The van der Waals surface area contributed by atoms with Gasteiger partial charge in [0.2, 0.25) is 0 Å². The maximum absolute atomic E-state index is 12.6. The highest BCUT2D eigenvalue weighted by molar-refractivity contribution is 9.11. The Kier molecular flexibility index (Phi) is 50.4. The van der Waals surface area contributed by atoms with Crippen molar-refractivity contribution in [3.05, 3.63) is 240 Å². The molecular formula is C90H115Br7N8O13S12. The summed E-state index contributed by atoms with van der Waals surface area (Å²) >= 11 is 41.5. The van der Waals surface area contributed by atoms with Crippen molar-refractivity contribution in [3.8, 4) is 0 Å². The van der Waals surface area contributed by atoms with Gasteiger partial charge in [-0.1, -0.05) is 42.5 Å². The zero-order chi connectivity index (χ0) is 98.1. The number of hydrogen-bond donors (Lipinski definition) is 9.